The van der Waals surface area contributed by atoms with Crippen LogP contribution in [0.4, 0.5) is 17.6 Å². The van der Waals surface area contributed by atoms with E-state index in [0.29, 0.717) is 12.0 Å². The minimum Gasteiger partial charge on any atom is -0.452 e. The first-order valence-corrected chi connectivity index (χ1v) is 9.85. The molecule has 162 valence electrons. The van der Waals surface area contributed by atoms with Gasteiger partial charge in [-0.2, -0.15) is 18.4 Å². The van der Waals surface area contributed by atoms with Gasteiger partial charge in [0.2, 0.25) is 0 Å². The molecule has 4 rings (SSSR count). The molecule has 9 heteroatoms. The van der Waals surface area contributed by atoms with Crippen LogP contribution >= 0.6 is 0 Å². The van der Waals surface area contributed by atoms with Crippen LogP contribution in [0, 0.1) is 17.1 Å². The molecule has 1 aromatic heterocycles. The quantitative estimate of drug-likeness (QED) is 0.735. The molecule has 3 atom stereocenters. The molecule has 2 aromatic rings. The highest BCUT2D eigenvalue weighted by Crippen LogP contribution is 2.42. The number of nitriles is 1. The van der Waals surface area contributed by atoms with Gasteiger partial charge >= 0.3 is 6.18 Å². The first-order valence-electron chi connectivity index (χ1n) is 9.85. The monoisotopic (exact) mass is 432 g/mol. The normalized spacial score (nSPS) is 25.4. The molecule has 2 heterocycles. The van der Waals surface area contributed by atoms with E-state index in [1.54, 1.807) is 12.1 Å². The number of aliphatic imine (C=N–C) groups is 1. The van der Waals surface area contributed by atoms with Gasteiger partial charge in [-0.05, 0) is 49.4 Å². The average molecular weight is 432 g/mol. The van der Waals surface area contributed by atoms with E-state index < -0.39 is 36.1 Å². The summed E-state index contributed by atoms with van der Waals surface area (Å²) in [6.07, 6.45) is -3.66. The largest absolute Gasteiger partial charge is 0.452 e. The van der Waals surface area contributed by atoms with E-state index in [0.717, 1.165) is 29.7 Å². The molecule has 2 N–H and O–H groups in total. The Kier molecular flexibility index (Phi) is 5.12. The topological polar surface area (TPSA) is 84.3 Å². The molecule has 0 fully saturated rings. The van der Waals surface area contributed by atoms with Gasteiger partial charge in [-0.1, -0.05) is 12.1 Å². The lowest BCUT2D eigenvalue weighted by atomic mass is 9.83. The zero-order valence-corrected chi connectivity index (χ0v) is 16.7. The van der Waals surface area contributed by atoms with Gasteiger partial charge in [0.25, 0.3) is 6.02 Å². The molecule has 0 amide bonds. The van der Waals surface area contributed by atoms with Gasteiger partial charge in [0.15, 0.2) is 6.10 Å². The molecule has 1 unspecified atom stereocenters. The van der Waals surface area contributed by atoms with Crippen molar-refractivity contribution in [2.75, 3.05) is 0 Å². The van der Waals surface area contributed by atoms with Crippen LogP contribution in [0.15, 0.2) is 35.5 Å². The standard InChI is InChI=1S/C22H20F4N4O/c1-21(9-18(22(24,25)26)31-20(28)30-21)16-8-12(2-5-17(16)23)6-14-3-4-15-7-13(10-27)11-29-19(14)15/h2,5,7-8,11,14,18H,3-4,6,9H2,1H3,(H2,28,30)/t14?,18-,21-/m0/s1. The fraction of sp³-hybridized carbons (Fsp3) is 0.409. The van der Waals surface area contributed by atoms with Crippen molar-refractivity contribution in [2.45, 2.75) is 56.3 Å². The summed E-state index contributed by atoms with van der Waals surface area (Å²) in [7, 11) is 0. The molecule has 0 saturated carbocycles. The second-order valence-electron chi connectivity index (χ2n) is 8.21. The molecular formula is C22H20F4N4O. The Hall–Kier alpha value is -3.15. The number of alkyl halides is 3. The van der Waals surface area contributed by atoms with Crippen LogP contribution in [-0.4, -0.2) is 23.3 Å². The van der Waals surface area contributed by atoms with Gasteiger partial charge in [0, 0.05) is 29.8 Å². The van der Waals surface area contributed by atoms with Crippen molar-refractivity contribution >= 4 is 6.02 Å². The van der Waals surface area contributed by atoms with Crippen molar-refractivity contribution in [3.05, 3.63) is 64.2 Å². The van der Waals surface area contributed by atoms with Crippen LogP contribution in [0.3, 0.4) is 0 Å². The van der Waals surface area contributed by atoms with Crippen LogP contribution in [-0.2, 0) is 23.1 Å². The number of aromatic nitrogens is 1. The highest BCUT2D eigenvalue weighted by atomic mass is 19.4. The Balaban J connectivity index is 1.63. The number of hydrogen-bond donors (Lipinski definition) is 1. The first-order chi connectivity index (χ1) is 14.6. The van der Waals surface area contributed by atoms with Gasteiger partial charge in [0.1, 0.15) is 11.9 Å². The number of aryl methyl sites for hydroxylation is 1. The number of rotatable bonds is 3. The molecule has 0 bridgehead atoms. The van der Waals surface area contributed by atoms with Gasteiger partial charge in [0.05, 0.1) is 11.1 Å². The molecule has 1 aliphatic heterocycles. The number of pyridine rings is 1. The van der Waals surface area contributed by atoms with Crippen molar-refractivity contribution in [3.63, 3.8) is 0 Å². The van der Waals surface area contributed by atoms with Crippen molar-refractivity contribution in [2.24, 2.45) is 10.7 Å². The number of benzene rings is 1. The van der Waals surface area contributed by atoms with E-state index in [9.17, 15) is 17.6 Å². The SMILES string of the molecule is C[C@@]1(c2cc(CC3CCc4cc(C#N)cnc43)ccc2F)C[C@@H](C(F)(F)F)OC(N)=N1. The Labute approximate surface area is 176 Å². The van der Waals surface area contributed by atoms with Crippen LogP contribution in [0.5, 0.6) is 0 Å². The maximum Gasteiger partial charge on any atom is 0.425 e. The Morgan fingerprint density at radius 3 is 2.81 bits per heavy atom. The number of hydrogen-bond acceptors (Lipinski definition) is 5. The lowest BCUT2D eigenvalue weighted by Crippen LogP contribution is -2.46. The average Bonchev–Trinajstić information content (AvgIpc) is 3.10. The van der Waals surface area contributed by atoms with E-state index in [1.807, 2.05) is 6.07 Å². The number of ether oxygens (including phenoxy) is 1. The number of nitrogens with two attached hydrogens (primary N) is 1. The van der Waals surface area contributed by atoms with Crippen LogP contribution < -0.4 is 5.73 Å². The summed E-state index contributed by atoms with van der Waals surface area (Å²) < 4.78 is 59.2. The van der Waals surface area contributed by atoms with E-state index in [2.05, 4.69) is 20.8 Å². The molecule has 0 spiro atoms. The van der Waals surface area contributed by atoms with Crippen molar-refractivity contribution in [1.29, 1.82) is 5.26 Å². The van der Waals surface area contributed by atoms with Gasteiger partial charge in [-0.15, -0.1) is 0 Å². The number of amidine groups is 1. The Morgan fingerprint density at radius 1 is 1.32 bits per heavy atom. The van der Waals surface area contributed by atoms with Crippen LogP contribution in [0.2, 0.25) is 0 Å². The minimum absolute atomic E-state index is 0.0523. The molecule has 1 aromatic carbocycles. The molecular weight excluding hydrogens is 412 g/mol. The summed E-state index contributed by atoms with van der Waals surface area (Å²) in [5.74, 6) is -0.561. The van der Waals surface area contributed by atoms with Crippen molar-refractivity contribution < 1.29 is 22.3 Å². The van der Waals surface area contributed by atoms with E-state index >= 15 is 0 Å². The molecule has 0 saturated heterocycles. The van der Waals surface area contributed by atoms with E-state index in [-0.39, 0.29) is 11.5 Å². The van der Waals surface area contributed by atoms with E-state index in [4.69, 9.17) is 11.0 Å². The molecule has 31 heavy (non-hydrogen) atoms. The maximum absolute atomic E-state index is 14.7. The van der Waals surface area contributed by atoms with Gasteiger partial charge < -0.3 is 10.5 Å². The van der Waals surface area contributed by atoms with E-state index in [1.165, 1.54) is 19.2 Å². The molecule has 1 aliphatic carbocycles. The fourth-order valence-corrected chi connectivity index (χ4v) is 4.43. The van der Waals surface area contributed by atoms with Crippen molar-refractivity contribution in [3.8, 4) is 6.07 Å². The smallest absolute Gasteiger partial charge is 0.425 e. The third-order valence-electron chi connectivity index (χ3n) is 5.94. The lowest BCUT2D eigenvalue weighted by molar-refractivity contribution is -0.208. The minimum atomic E-state index is -4.64. The van der Waals surface area contributed by atoms with Gasteiger partial charge in [-0.25, -0.2) is 9.38 Å². The predicted molar refractivity (Wildman–Crippen MR) is 105 cm³/mol. The molecule has 2 aliphatic rings. The summed E-state index contributed by atoms with van der Waals surface area (Å²) in [4.78, 5) is 8.45. The van der Waals surface area contributed by atoms with Gasteiger partial charge in [-0.3, -0.25) is 4.98 Å². The fourth-order valence-electron chi connectivity index (χ4n) is 4.43. The summed E-state index contributed by atoms with van der Waals surface area (Å²) in [6, 6.07) is 7.73. The third kappa shape index (κ3) is 4.07. The zero-order chi connectivity index (χ0) is 22.4. The maximum atomic E-state index is 14.7. The van der Waals surface area contributed by atoms with Crippen LogP contribution in [0.25, 0.3) is 0 Å². The summed E-state index contributed by atoms with van der Waals surface area (Å²) in [5.41, 5.74) is 7.25. The highest BCUT2D eigenvalue weighted by Gasteiger charge is 2.50. The second-order valence-corrected chi connectivity index (χ2v) is 8.21. The number of nitrogens with zero attached hydrogens (tertiary/aromatic N) is 3. The number of fused-ring (bicyclic) bond motifs is 1. The lowest BCUT2D eigenvalue weighted by Gasteiger charge is -2.36. The summed E-state index contributed by atoms with van der Waals surface area (Å²) in [5, 5.41) is 9.04. The number of halogens is 4. The van der Waals surface area contributed by atoms with Crippen molar-refractivity contribution in [1.82, 2.24) is 4.98 Å². The Morgan fingerprint density at radius 2 is 2.10 bits per heavy atom. The molecule has 5 nitrogen and oxygen atoms in total. The van der Waals surface area contributed by atoms with Crippen LogP contribution in [0.1, 0.15) is 53.6 Å². The summed E-state index contributed by atoms with van der Waals surface area (Å²) in [6.45, 7) is 1.43. The third-order valence-corrected chi connectivity index (χ3v) is 5.94. The molecule has 0 radical (unpaired) electrons. The Bertz CT molecular complexity index is 1090. The first kappa shape index (κ1) is 21.1. The highest BCUT2D eigenvalue weighted by molar-refractivity contribution is 5.73. The predicted octanol–water partition coefficient (Wildman–Crippen LogP) is 4.25. The second kappa shape index (κ2) is 7.52. The zero-order valence-electron chi connectivity index (χ0n) is 16.7. The summed E-state index contributed by atoms with van der Waals surface area (Å²) >= 11 is 0.